The smallest absolute Gasteiger partial charge is 0.247 e. The molecular formula is C23H24N4O2S. The van der Waals surface area contributed by atoms with Crippen LogP contribution in [0.15, 0.2) is 59.8 Å². The van der Waals surface area contributed by atoms with Crippen molar-refractivity contribution in [1.29, 1.82) is 0 Å². The highest BCUT2D eigenvalue weighted by atomic mass is 32.2. The number of rotatable bonds is 8. The van der Waals surface area contributed by atoms with Gasteiger partial charge in [0.2, 0.25) is 23.0 Å². The summed E-state index contributed by atoms with van der Waals surface area (Å²) >= 11 is 1.57. The van der Waals surface area contributed by atoms with Crippen LogP contribution < -0.4 is 10.1 Å². The molecule has 0 radical (unpaired) electrons. The van der Waals surface area contributed by atoms with Crippen LogP contribution in [-0.2, 0) is 0 Å². The highest BCUT2D eigenvalue weighted by molar-refractivity contribution is 7.99. The van der Waals surface area contributed by atoms with E-state index >= 15 is 0 Å². The molecule has 3 aromatic rings. The number of carbonyl (C=O) groups is 1. The number of hydrogen-bond donors (Lipinski definition) is 1. The summed E-state index contributed by atoms with van der Waals surface area (Å²) in [5.41, 5.74) is 2.69. The second-order valence-electron chi connectivity index (χ2n) is 7.08. The van der Waals surface area contributed by atoms with Crippen molar-refractivity contribution in [3.05, 3.63) is 60.2 Å². The van der Waals surface area contributed by atoms with Gasteiger partial charge in [0, 0.05) is 22.6 Å². The van der Waals surface area contributed by atoms with Crippen molar-refractivity contribution in [3.63, 3.8) is 0 Å². The minimum atomic E-state index is -0.895. The van der Waals surface area contributed by atoms with Crippen molar-refractivity contribution < 1.29 is 9.53 Å². The van der Waals surface area contributed by atoms with Crippen molar-refractivity contribution in [1.82, 2.24) is 15.2 Å². The summed E-state index contributed by atoms with van der Waals surface area (Å²) in [7, 11) is 0. The SMILES string of the molecule is CCCCCCSc1nnc2c(n1)OC(C(=O)c1ccccc1)Nc1ccccc1-2. The molecule has 0 spiro atoms. The van der Waals surface area contributed by atoms with Gasteiger partial charge in [-0.25, -0.2) is 0 Å². The van der Waals surface area contributed by atoms with Gasteiger partial charge in [0.15, 0.2) is 5.69 Å². The lowest BCUT2D eigenvalue weighted by molar-refractivity contribution is 0.0823. The highest BCUT2D eigenvalue weighted by Crippen LogP contribution is 2.36. The number of fused-ring (bicyclic) bond motifs is 3. The van der Waals surface area contributed by atoms with E-state index in [4.69, 9.17) is 4.74 Å². The highest BCUT2D eigenvalue weighted by Gasteiger charge is 2.29. The summed E-state index contributed by atoms with van der Waals surface area (Å²) in [5.74, 6) is 1.10. The van der Waals surface area contributed by atoms with E-state index in [1.807, 2.05) is 42.5 Å². The standard InChI is InChI=1S/C23H24N4O2S/c1-2-3-4-10-15-30-23-25-21-19(26-27-23)17-13-8-9-14-18(17)24-22(29-21)20(28)16-11-6-5-7-12-16/h5-9,11-14,22,24H,2-4,10,15H2,1H3. The van der Waals surface area contributed by atoms with Gasteiger partial charge in [-0.05, 0) is 12.5 Å². The summed E-state index contributed by atoms with van der Waals surface area (Å²) in [4.78, 5) is 17.7. The first-order chi connectivity index (χ1) is 14.8. The van der Waals surface area contributed by atoms with Gasteiger partial charge in [-0.15, -0.1) is 10.2 Å². The van der Waals surface area contributed by atoms with E-state index in [1.165, 1.54) is 19.3 Å². The van der Waals surface area contributed by atoms with Gasteiger partial charge in [-0.2, -0.15) is 4.98 Å². The topological polar surface area (TPSA) is 77.0 Å². The fraction of sp³-hybridized carbons (Fsp3) is 0.304. The van der Waals surface area contributed by atoms with Crippen LogP contribution in [0, 0.1) is 0 Å². The molecule has 6 nitrogen and oxygen atoms in total. The van der Waals surface area contributed by atoms with Crippen LogP contribution in [0.3, 0.4) is 0 Å². The number of benzene rings is 2. The van der Waals surface area contributed by atoms with Crippen molar-refractivity contribution in [2.45, 2.75) is 44.0 Å². The Labute approximate surface area is 180 Å². The molecule has 1 aliphatic heterocycles. The van der Waals surface area contributed by atoms with Gasteiger partial charge in [0.05, 0.1) is 0 Å². The predicted octanol–water partition coefficient (Wildman–Crippen LogP) is 5.22. The summed E-state index contributed by atoms with van der Waals surface area (Å²) in [5, 5.41) is 12.4. The summed E-state index contributed by atoms with van der Waals surface area (Å²) in [6, 6.07) is 16.8. The normalized spacial score (nSPS) is 14.6. The molecule has 4 rings (SSSR count). The minimum Gasteiger partial charge on any atom is -0.444 e. The summed E-state index contributed by atoms with van der Waals surface area (Å²) in [6.45, 7) is 2.20. The number of nitrogens with one attached hydrogen (secondary N) is 1. The molecule has 0 saturated heterocycles. The average Bonchev–Trinajstić information content (AvgIpc) is 2.95. The van der Waals surface area contributed by atoms with Crippen LogP contribution >= 0.6 is 11.8 Å². The third-order valence-corrected chi connectivity index (χ3v) is 5.78. The largest absolute Gasteiger partial charge is 0.444 e. The number of nitrogens with zero attached hydrogens (tertiary/aromatic N) is 3. The molecule has 2 heterocycles. The molecule has 2 aromatic carbocycles. The third-order valence-electron chi connectivity index (χ3n) is 4.86. The van der Waals surface area contributed by atoms with E-state index in [0.717, 1.165) is 23.4 Å². The van der Waals surface area contributed by atoms with Crippen LogP contribution in [0.5, 0.6) is 5.88 Å². The summed E-state index contributed by atoms with van der Waals surface area (Å²) < 4.78 is 6.05. The number of ketones is 1. The average molecular weight is 421 g/mol. The summed E-state index contributed by atoms with van der Waals surface area (Å²) in [6.07, 6.45) is 3.86. The fourth-order valence-corrected chi connectivity index (χ4v) is 4.05. The molecule has 30 heavy (non-hydrogen) atoms. The van der Waals surface area contributed by atoms with Crippen LogP contribution in [0.4, 0.5) is 5.69 Å². The van der Waals surface area contributed by atoms with Crippen molar-refractivity contribution in [3.8, 4) is 17.1 Å². The molecule has 0 saturated carbocycles. The molecule has 0 amide bonds. The number of carbonyl (C=O) groups excluding carboxylic acids is 1. The molecule has 1 N–H and O–H groups in total. The van der Waals surface area contributed by atoms with Crippen LogP contribution in [0.2, 0.25) is 0 Å². The van der Waals surface area contributed by atoms with E-state index < -0.39 is 6.23 Å². The molecular weight excluding hydrogens is 396 g/mol. The Bertz CT molecular complexity index is 1010. The Morgan fingerprint density at radius 3 is 2.67 bits per heavy atom. The maximum absolute atomic E-state index is 13.1. The van der Waals surface area contributed by atoms with E-state index in [0.29, 0.717) is 22.3 Å². The molecule has 7 heteroatoms. The van der Waals surface area contributed by atoms with E-state index in [9.17, 15) is 4.79 Å². The van der Waals surface area contributed by atoms with Crippen molar-refractivity contribution >= 4 is 23.2 Å². The van der Waals surface area contributed by atoms with Gasteiger partial charge >= 0.3 is 0 Å². The van der Waals surface area contributed by atoms with Crippen molar-refractivity contribution in [2.75, 3.05) is 11.1 Å². The lowest BCUT2D eigenvalue weighted by Gasteiger charge is -2.17. The third kappa shape index (κ3) is 4.62. The quantitative estimate of drug-likeness (QED) is 0.304. The monoisotopic (exact) mass is 420 g/mol. The number of aromatic nitrogens is 3. The molecule has 0 bridgehead atoms. The minimum absolute atomic E-state index is 0.161. The van der Waals surface area contributed by atoms with Crippen LogP contribution in [0.1, 0.15) is 43.0 Å². The van der Waals surface area contributed by atoms with Crippen LogP contribution in [0.25, 0.3) is 11.3 Å². The Balaban J connectivity index is 1.61. The maximum Gasteiger partial charge on any atom is 0.247 e. The van der Waals surface area contributed by atoms with E-state index in [2.05, 4.69) is 27.4 Å². The number of hydrogen-bond acceptors (Lipinski definition) is 7. The predicted molar refractivity (Wildman–Crippen MR) is 119 cm³/mol. The van der Waals surface area contributed by atoms with Gasteiger partial charge in [0.1, 0.15) is 0 Å². The first-order valence-corrected chi connectivity index (χ1v) is 11.2. The first-order valence-electron chi connectivity index (χ1n) is 10.3. The van der Waals surface area contributed by atoms with E-state index in [-0.39, 0.29) is 5.78 Å². The zero-order valence-electron chi connectivity index (χ0n) is 16.9. The molecule has 1 unspecified atom stereocenters. The Hall–Kier alpha value is -2.93. The first kappa shape index (κ1) is 20.3. The number of ether oxygens (including phenoxy) is 1. The maximum atomic E-state index is 13.1. The molecule has 0 fully saturated rings. The number of thioether (sulfide) groups is 1. The van der Waals surface area contributed by atoms with Crippen molar-refractivity contribution in [2.24, 2.45) is 0 Å². The van der Waals surface area contributed by atoms with Crippen LogP contribution in [-0.4, -0.2) is 32.9 Å². The lowest BCUT2D eigenvalue weighted by Crippen LogP contribution is -2.35. The lowest BCUT2D eigenvalue weighted by atomic mass is 10.1. The Morgan fingerprint density at radius 2 is 1.83 bits per heavy atom. The Kier molecular flexibility index (Phi) is 6.59. The molecule has 154 valence electrons. The number of para-hydroxylation sites is 1. The molecule has 0 aliphatic carbocycles. The fourth-order valence-electron chi connectivity index (χ4n) is 3.27. The number of anilines is 1. The second kappa shape index (κ2) is 9.71. The zero-order valence-corrected chi connectivity index (χ0v) is 17.7. The second-order valence-corrected chi connectivity index (χ2v) is 8.14. The molecule has 1 aliphatic rings. The number of Topliss-reactive ketones (excluding diaryl/α,β-unsaturated/α-hetero) is 1. The Morgan fingerprint density at radius 1 is 1.03 bits per heavy atom. The van der Waals surface area contributed by atoms with E-state index in [1.54, 1.807) is 23.9 Å². The van der Waals surface area contributed by atoms with Gasteiger partial charge in [-0.3, -0.25) is 4.79 Å². The zero-order chi connectivity index (χ0) is 20.8. The molecule has 1 aromatic heterocycles. The van der Waals surface area contributed by atoms with Gasteiger partial charge in [-0.1, -0.05) is 86.5 Å². The van der Waals surface area contributed by atoms with Gasteiger partial charge < -0.3 is 10.1 Å². The molecule has 1 atom stereocenters. The number of unbranched alkanes of at least 4 members (excludes halogenated alkanes) is 3. The van der Waals surface area contributed by atoms with Gasteiger partial charge in [0.25, 0.3) is 0 Å².